The third-order valence-corrected chi connectivity index (χ3v) is 14.1. The summed E-state index contributed by atoms with van der Waals surface area (Å²) in [4.78, 5) is 26.6. The first-order valence-electron chi connectivity index (χ1n) is 25.1. The van der Waals surface area contributed by atoms with Gasteiger partial charge in [-0.3, -0.25) is 9.59 Å². The largest absolute Gasteiger partial charge is 0.462 e. The minimum atomic E-state index is -0.0406. The molecule has 2 fully saturated rings. The Morgan fingerprint density at radius 2 is 1.05 bits per heavy atom. The van der Waals surface area contributed by atoms with E-state index in [0.29, 0.717) is 35.2 Å². The molecule has 5 nitrogen and oxygen atoms in total. The predicted octanol–water partition coefficient (Wildman–Crippen LogP) is 16.0. The van der Waals surface area contributed by atoms with Crippen LogP contribution in [0, 0.1) is 11.8 Å². The van der Waals surface area contributed by atoms with Gasteiger partial charge in [-0.25, -0.2) is 0 Å². The average Bonchev–Trinajstić information content (AvgIpc) is 3.94. The number of esters is 1. The van der Waals surface area contributed by atoms with Crippen LogP contribution in [0.2, 0.25) is 0 Å². The molecule has 0 N–H and O–H groups in total. The maximum absolute atomic E-state index is 13.4. The predicted molar refractivity (Wildman–Crippen MR) is 241 cm³/mol. The van der Waals surface area contributed by atoms with Gasteiger partial charge in [0.15, 0.2) is 11.4 Å². The van der Waals surface area contributed by atoms with Gasteiger partial charge in [0.25, 0.3) is 0 Å². The Bertz CT molecular complexity index is 891. The lowest BCUT2D eigenvalue weighted by Crippen LogP contribution is -2.19. The van der Waals surface area contributed by atoms with Crippen LogP contribution >= 0.6 is 11.8 Å². The average molecular weight is 807 g/mol. The fraction of sp³-hybridized carbons (Fsp3) is 0.960. The van der Waals surface area contributed by atoms with Gasteiger partial charge in [-0.05, 0) is 102 Å². The van der Waals surface area contributed by atoms with Gasteiger partial charge in [-0.15, -0.1) is 0 Å². The molecule has 0 spiro atoms. The number of ether oxygens (including phenoxy) is 3. The van der Waals surface area contributed by atoms with E-state index in [0.717, 1.165) is 76.5 Å². The first-order chi connectivity index (χ1) is 27.4. The number of rotatable bonds is 39. The van der Waals surface area contributed by atoms with Crippen LogP contribution in [0.5, 0.6) is 0 Å². The molecule has 0 aromatic carbocycles. The fourth-order valence-electron chi connectivity index (χ4n) is 8.95. The molecule has 0 amide bonds. The molecule has 6 heteroatoms. The van der Waals surface area contributed by atoms with E-state index in [1.807, 2.05) is 0 Å². The Morgan fingerprint density at radius 3 is 1.55 bits per heavy atom. The smallest absolute Gasteiger partial charge is 0.306 e. The fourth-order valence-corrected chi connectivity index (χ4v) is 10.2. The number of hydrogen-bond donors (Lipinski definition) is 0. The second kappa shape index (κ2) is 35.2. The molecular weight excluding hydrogens is 713 g/mol. The van der Waals surface area contributed by atoms with Crippen molar-refractivity contribution in [1.29, 1.82) is 0 Å². The molecule has 56 heavy (non-hydrogen) atoms. The van der Waals surface area contributed by atoms with Crippen LogP contribution in [0.4, 0.5) is 0 Å². The number of thioether (sulfide) groups is 1. The highest BCUT2D eigenvalue weighted by Crippen LogP contribution is 2.36. The zero-order valence-corrected chi connectivity index (χ0v) is 38.8. The Kier molecular flexibility index (Phi) is 32.4. The molecular formula is C50H94O5S. The van der Waals surface area contributed by atoms with E-state index in [1.54, 1.807) is 11.8 Å². The normalized spacial score (nSPS) is 20.2. The molecule has 2 aliphatic rings. The zero-order chi connectivity index (χ0) is 40.5. The number of carbonyl (C=O) groups is 2. The summed E-state index contributed by atoms with van der Waals surface area (Å²) >= 11 is 1.64. The summed E-state index contributed by atoms with van der Waals surface area (Å²) in [5.74, 6) is 1.14. The summed E-state index contributed by atoms with van der Waals surface area (Å²) in [6.07, 6.45) is 42.5. The second-order valence-corrected chi connectivity index (χ2v) is 19.5. The van der Waals surface area contributed by atoms with E-state index in [2.05, 4.69) is 34.6 Å². The highest BCUT2D eigenvalue weighted by atomic mass is 32.2. The standard InChI is InChI=1S/C50H94O5S/c1-6-11-15-19-23-31-44(32-24-20-16-12-7-2)53-48(51)36-28-30-43(41-49(52)56-46-39-37-42(10-5)38-40-46)29-27-35-47-50(55-47)54-45(33-25-21-17-13-8-3)34-26-22-18-14-9-4/h42-47,50H,6-41H2,1-5H3. The Hall–Kier alpha value is -0.590. The summed E-state index contributed by atoms with van der Waals surface area (Å²) in [6.45, 7) is 11.4. The Morgan fingerprint density at radius 1 is 0.571 bits per heavy atom. The third kappa shape index (κ3) is 27.2. The lowest BCUT2D eigenvalue weighted by Gasteiger charge is -2.27. The van der Waals surface area contributed by atoms with Crippen molar-refractivity contribution in [2.75, 3.05) is 0 Å². The van der Waals surface area contributed by atoms with E-state index < -0.39 is 0 Å². The SMILES string of the molecule is CCCCCCCC(CCCCCCC)OC(=O)CCCC(CCCC1OC1OC(CCCCCCC)CCCCCCC)CC(=O)SC1CCC(CC)CC1. The van der Waals surface area contributed by atoms with Crippen molar-refractivity contribution >= 4 is 22.8 Å². The van der Waals surface area contributed by atoms with E-state index in [9.17, 15) is 9.59 Å². The van der Waals surface area contributed by atoms with Crippen LogP contribution < -0.4 is 0 Å². The van der Waals surface area contributed by atoms with Crippen LogP contribution in [-0.4, -0.2) is 40.9 Å². The van der Waals surface area contributed by atoms with Crippen LogP contribution in [0.1, 0.15) is 266 Å². The summed E-state index contributed by atoms with van der Waals surface area (Å²) in [7, 11) is 0. The first kappa shape index (κ1) is 51.6. The van der Waals surface area contributed by atoms with E-state index in [4.69, 9.17) is 14.2 Å². The Labute approximate surface area is 352 Å². The summed E-state index contributed by atoms with van der Waals surface area (Å²) < 4.78 is 18.8. The molecule has 3 atom stereocenters. The van der Waals surface area contributed by atoms with Crippen molar-refractivity contribution in [3.05, 3.63) is 0 Å². The molecule has 0 aromatic rings. The van der Waals surface area contributed by atoms with Gasteiger partial charge in [0.05, 0.1) is 6.10 Å². The van der Waals surface area contributed by atoms with Gasteiger partial charge < -0.3 is 14.2 Å². The van der Waals surface area contributed by atoms with E-state index in [-0.39, 0.29) is 24.5 Å². The maximum atomic E-state index is 13.4. The van der Waals surface area contributed by atoms with Crippen LogP contribution in [0.25, 0.3) is 0 Å². The molecule has 1 heterocycles. The summed E-state index contributed by atoms with van der Waals surface area (Å²) in [5, 5.41) is 0.860. The van der Waals surface area contributed by atoms with E-state index >= 15 is 0 Å². The Balaban J connectivity index is 1.86. The number of unbranched alkanes of at least 4 members (excludes halogenated alkanes) is 16. The molecule has 2 rings (SSSR count). The maximum Gasteiger partial charge on any atom is 0.306 e. The van der Waals surface area contributed by atoms with Crippen LogP contribution in [0.15, 0.2) is 0 Å². The highest BCUT2D eigenvalue weighted by molar-refractivity contribution is 8.14. The van der Waals surface area contributed by atoms with Crippen molar-refractivity contribution in [3.63, 3.8) is 0 Å². The van der Waals surface area contributed by atoms with Crippen LogP contribution in [-0.2, 0) is 23.8 Å². The molecule has 0 aromatic heterocycles. The second-order valence-electron chi connectivity index (χ2n) is 18.2. The van der Waals surface area contributed by atoms with Crippen molar-refractivity contribution in [2.45, 2.75) is 296 Å². The molecule has 1 aliphatic carbocycles. The van der Waals surface area contributed by atoms with Crippen molar-refractivity contribution < 1.29 is 23.8 Å². The molecule has 1 saturated carbocycles. The lowest BCUT2D eigenvalue weighted by molar-refractivity contribution is -0.150. The number of hydrogen-bond acceptors (Lipinski definition) is 6. The molecule has 0 radical (unpaired) electrons. The molecule has 330 valence electrons. The number of epoxide rings is 1. The van der Waals surface area contributed by atoms with Crippen molar-refractivity contribution in [3.8, 4) is 0 Å². The molecule has 0 bridgehead atoms. The summed E-state index contributed by atoms with van der Waals surface area (Å²) in [5.41, 5.74) is 0. The van der Waals surface area contributed by atoms with Gasteiger partial charge in [0.1, 0.15) is 12.2 Å². The molecule has 1 aliphatic heterocycles. The minimum Gasteiger partial charge on any atom is -0.462 e. The highest BCUT2D eigenvalue weighted by Gasteiger charge is 2.41. The summed E-state index contributed by atoms with van der Waals surface area (Å²) in [6, 6.07) is 0. The third-order valence-electron chi connectivity index (χ3n) is 12.9. The van der Waals surface area contributed by atoms with Crippen molar-refractivity contribution in [2.24, 2.45) is 11.8 Å². The molecule has 1 saturated heterocycles. The molecule has 3 unspecified atom stereocenters. The van der Waals surface area contributed by atoms with Crippen LogP contribution in [0.3, 0.4) is 0 Å². The minimum absolute atomic E-state index is 0.0269. The lowest BCUT2D eigenvalue weighted by atomic mass is 9.87. The van der Waals surface area contributed by atoms with E-state index in [1.165, 1.54) is 148 Å². The van der Waals surface area contributed by atoms with Gasteiger partial charge in [-0.1, -0.05) is 175 Å². The number of carbonyl (C=O) groups excluding carboxylic acids is 2. The van der Waals surface area contributed by atoms with Gasteiger partial charge in [0, 0.05) is 18.1 Å². The van der Waals surface area contributed by atoms with Crippen molar-refractivity contribution in [1.82, 2.24) is 0 Å². The monoisotopic (exact) mass is 807 g/mol. The first-order valence-corrected chi connectivity index (χ1v) is 26.0. The quantitative estimate of drug-likeness (QED) is 0.0350. The zero-order valence-electron chi connectivity index (χ0n) is 37.9. The van der Waals surface area contributed by atoms with Gasteiger partial charge in [-0.2, -0.15) is 0 Å². The van der Waals surface area contributed by atoms with Gasteiger partial charge in [0.2, 0.25) is 0 Å². The van der Waals surface area contributed by atoms with Gasteiger partial charge >= 0.3 is 5.97 Å². The topological polar surface area (TPSA) is 65.1 Å².